The molecule has 1 aromatic carbocycles. The lowest BCUT2D eigenvalue weighted by atomic mass is 10.1. The standard InChI is InChI=1S/C18H21N5O4S/c1-3-27-16(25)11(2)28-18-22-21-14(23(18)13-7-5-4-6-8-13)9-12-10-15(24)20-17(26)19-12/h4-8,11-12H,3,9-10H2,1-2H3,(H2,19,20,24,26). The lowest BCUT2D eigenvalue weighted by Crippen LogP contribution is -2.53. The number of carbonyl (C=O) groups excluding carboxylic acids is 3. The number of amides is 3. The van der Waals surface area contributed by atoms with Crippen molar-refractivity contribution in [2.75, 3.05) is 6.61 Å². The van der Waals surface area contributed by atoms with Gasteiger partial charge in [0.1, 0.15) is 11.1 Å². The van der Waals surface area contributed by atoms with Crippen LogP contribution in [0, 0.1) is 0 Å². The number of imide groups is 1. The van der Waals surface area contributed by atoms with Crippen LogP contribution in [-0.2, 0) is 20.7 Å². The molecule has 1 saturated heterocycles. The topological polar surface area (TPSA) is 115 Å². The predicted octanol–water partition coefficient (Wildman–Crippen LogP) is 1.45. The van der Waals surface area contributed by atoms with Gasteiger partial charge in [-0.1, -0.05) is 30.0 Å². The third kappa shape index (κ3) is 4.69. The van der Waals surface area contributed by atoms with E-state index in [2.05, 4.69) is 20.8 Å². The number of hydrogen-bond acceptors (Lipinski definition) is 7. The van der Waals surface area contributed by atoms with Gasteiger partial charge in [-0.25, -0.2) is 4.79 Å². The zero-order valence-corrected chi connectivity index (χ0v) is 16.4. The Bertz CT molecular complexity index is 854. The van der Waals surface area contributed by atoms with Crippen LogP contribution in [0.5, 0.6) is 0 Å². The summed E-state index contributed by atoms with van der Waals surface area (Å²) in [7, 11) is 0. The van der Waals surface area contributed by atoms with Gasteiger partial charge in [0.2, 0.25) is 5.91 Å². The minimum atomic E-state index is -0.516. The number of nitrogens with one attached hydrogen (secondary N) is 2. The normalized spacial score (nSPS) is 17.6. The summed E-state index contributed by atoms with van der Waals surface area (Å²) >= 11 is 1.25. The first-order valence-corrected chi connectivity index (χ1v) is 9.79. The molecular weight excluding hydrogens is 382 g/mol. The molecule has 0 radical (unpaired) electrons. The molecule has 1 aliphatic rings. The summed E-state index contributed by atoms with van der Waals surface area (Å²) < 4.78 is 6.90. The van der Waals surface area contributed by atoms with Gasteiger partial charge in [0.05, 0.1) is 6.61 Å². The lowest BCUT2D eigenvalue weighted by molar-refractivity contribution is -0.142. The van der Waals surface area contributed by atoms with Crippen LogP contribution in [0.2, 0.25) is 0 Å². The largest absolute Gasteiger partial charge is 0.465 e. The molecule has 2 atom stereocenters. The number of nitrogens with zero attached hydrogens (tertiary/aromatic N) is 3. The van der Waals surface area contributed by atoms with E-state index in [4.69, 9.17) is 4.74 Å². The van der Waals surface area contributed by atoms with E-state index in [1.54, 1.807) is 13.8 Å². The molecule has 1 aliphatic heterocycles. The number of esters is 1. The summed E-state index contributed by atoms with van der Waals surface area (Å²) in [6, 6.07) is 8.57. The molecule has 148 valence electrons. The van der Waals surface area contributed by atoms with Crippen LogP contribution in [0.15, 0.2) is 35.5 Å². The number of ether oxygens (including phenoxy) is 1. The Balaban J connectivity index is 1.88. The van der Waals surface area contributed by atoms with Gasteiger partial charge in [0.15, 0.2) is 5.16 Å². The fourth-order valence-corrected chi connectivity index (χ4v) is 3.71. The van der Waals surface area contributed by atoms with Crippen LogP contribution < -0.4 is 10.6 Å². The number of para-hydroxylation sites is 1. The highest BCUT2D eigenvalue weighted by Crippen LogP contribution is 2.27. The number of thioether (sulfide) groups is 1. The molecule has 9 nitrogen and oxygen atoms in total. The van der Waals surface area contributed by atoms with E-state index in [1.165, 1.54) is 11.8 Å². The number of hydrogen-bond donors (Lipinski definition) is 2. The second-order valence-corrected chi connectivity index (χ2v) is 7.52. The van der Waals surface area contributed by atoms with E-state index >= 15 is 0 Å². The van der Waals surface area contributed by atoms with Crippen molar-refractivity contribution in [2.45, 2.75) is 43.1 Å². The molecule has 0 aliphatic carbocycles. The van der Waals surface area contributed by atoms with Gasteiger partial charge in [0, 0.05) is 24.6 Å². The summed E-state index contributed by atoms with van der Waals surface area (Å²) in [4.78, 5) is 35.2. The molecule has 10 heteroatoms. The van der Waals surface area contributed by atoms with Crippen molar-refractivity contribution in [3.63, 3.8) is 0 Å². The number of rotatable bonds is 7. The maximum Gasteiger partial charge on any atom is 0.321 e. The van der Waals surface area contributed by atoms with Gasteiger partial charge < -0.3 is 10.1 Å². The van der Waals surface area contributed by atoms with Crippen molar-refractivity contribution >= 4 is 29.7 Å². The van der Waals surface area contributed by atoms with Crippen LogP contribution in [0.4, 0.5) is 4.79 Å². The zero-order chi connectivity index (χ0) is 20.1. The second-order valence-electron chi connectivity index (χ2n) is 6.21. The Morgan fingerprint density at radius 1 is 1.32 bits per heavy atom. The van der Waals surface area contributed by atoms with Crippen molar-refractivity contribution in [1.82, 2.24) is 25.4 Å². The molecular formula is C18H21N5O4S. The highest BCUT2D eigenvalue weighted by atomic mass is 32.2. The molecule has 2 heterocycles. The minimum absolute atomic E-state index is 0.162. The maximum absolute atomic E-state index is 12.0. The summed E-state index contributed by atoms with van der Waals surface area (Å²) in [6.45, 7) is 3.82. The van der Waals surface area contributed by atoms with Gasteiger partial charge in [0.25, 0.3) is 0 Å². The highest BCUT2D eigenvalue weighted by molar-refractivity contribution is 8.00. The van der Waals surface area contributed by atoms with Gasteiger partial charge in [-0.2, -0.15) is 0 Å². The van der Waals surface area contributed by atoms with Crippen molar-refractivity contribution in [1.29, 1.82) is 0 Å². The van der Waals surface area contributed by atoms with Gasteiger partial charge in [-0.15, -0.1) is 10.2 Å². The average molecular weight is 403 g/mol. The van der Waals surface area contributed by atoms with E-state index in [-0.39, 0.29) is 24.3 Å². The van der Waals surface area contributed by atoms with Crippen molar-refractivity contribution in [2.24, 2.45) is 0 Å². The number of aromatic nitrogens is 3. The van der Waals surface area contributed by atoms with Crippen molar-refractivity contribution in [3.05, 3.63) is 36.2 Å². The molecule has 0 bridgehead atoms. The molecule has 0 saturated carbocycles. The van der Waals surface area contributed by atoms with Crippen LogP contribution in [0.1, 0.15) is 26.1 Å². The molecule has 2 N–H and O–H groups in total. The Morgan fingerprint density at radius 2 is 2.07 bits per heavy atom. The molecule has 2 aromatic rings. The maximum atomic E-state index is 12.0. The summed E-state index contributed by atoms with van der Waals surface area (Å²) in [5, 5.41) is 13.5. The second kappa shape index (κ2) is 8.87. The third-order valence-electron chi connectivity index (χ3n) is 4.06. The minimum Gasteiger partial charge on any atom is -0.465 e. The molecule has 3 amide bonds. The first kappa shape index (κ1) is 19.9. The summed E-state index contributed by atoms with van der Waals surface area (Å²) in [6.07, 6.45) is 0.491. The summed E-state index contributed by atoms with van der Waals surface area (Å²) in [5.74, 6) is -0.0670. The smallest absolute Gasteiger partial charge is 0.321 e. The molecule has 2 unspecified atom stereocenters. The lowest BCUT2D eigenvalue weighted by Gasteiger charge is -2.23. The molecule has 1 aromatic heterocycles. The van der Waals surface area contributed by atoms with Crippen molar-refractivity contribution in [3.8, 4) is 5.69 Å². The first-order chi connectivity index (χ1) is 13.5. The number of urea groups is 1. The Kier molecular flexibility index (Phi) is 6.30. The Hall–Kier alpha value is -2.88. The van der Waals surface area contributed by atoms with E-state index in [1.807, 2.05) is 34.9 Å². The molecule has 0 spiro atoms. The molecule has 3 rings (SSSR count). The van der Waals surface area contributed by atoms with E-state index in [0.29, 0.717) is 24.0 Å². The highest BCUT2D eigenvalue weighted by Gasteiger charge is 2.27. The number of carbonyl (C=O) groups is 3. The molecule has 28 heavy (non-hydrogen) atoms. The zero-order valence-electron chi connectivity index (χ0n) is 15.5. The van der Waals surface area contributed by atoms with Gasteiger partial charge >= 0.3 is 12.0 Å². The Morgan fingerprint density at radius 3 is 2.75 bits per heavy atom. The molecule has 1 fully saturated rings. The SMILES string of the molecule is CCOC(=O)C(C)Sc1nnc(CC2CC(=O)NC(=O)N2)n1-c1ccccc1. The predicted molar refractivity (Wildman–Crippen MR) is 102 cm³/mol. The van der Waals surface area contributed by atoms with E-state index in [0.717, 1.165) is 5.69 Å². The van der Waals surface area contributed by atoms with E-state index < -0.39 is 11.3 Å². The average Bonchev–Trinajstić information content (AvgIpc) is 3.03. The van der Waals surface area contributed by atoms with Crippen LogP contribution in [0.3, 0.4) is 0 Å². The Labute approximate surface area is 166 Å². The van der Waals surface area contributed by atoms with Gasteiger partial charge in [-0.3, -0.25) is 19.5 Å². The summed E-state index contributed by atoms with van der Waals surface area (Å²) in [5.41, 5.74) is 0.827. The van der Waals surface area contributed by atoms with E-state index in [9.17, 15) is 14.4 Å². The van der Waals surface area contributed by atoms with Crippen molar-refractivity contribution < 1.29 is 19.1 Å². The number of benzene rings is 1. The fourth-order valence-electron chi connectivity index (χ4n) is 2.83. The first-order valence-electron chi connectivity index (χ1n) is 8.91. The quantitative estimate of drug-likeness (QED) is 0.531. The van der Waals surface area contributed by atoms with Crippen LogP contribution in [0.25, 0.3) is 5.69 Å². The third-order valence-corrected chi connectivity index (χ3v) is 5.09. The van der Waals surface area contributed by atoms with Crippen LogP contribution >= 0.6 is 11.8 Å². The van der Waals surface area contributed by atoms with Gasteiger partial charge in [-0.05, 0) is 26.0 Å². The van der Waals surface area contributed by atoms with Crippen LogP contribution in [-0.4, -0.2) is 50.6 Å². The monoisotopic (exact) mass is 403 g/mol. The fraction of sp³-hybridized carbons (Fsp3) is 0.389.